The third kappa shape index (κ3) is 2.92. The molecule has 2 bridgehead atoms. The number of aromatic nitrogens is 1. The van der Waals surface area contributed by atoms with Gasteiger partial charge in [-0.2, -0.15) is 0 Å². The second-order valence-electron chi connectivity index (χ2n) is 13.2. The smallest absolute Gasteiger partial charge is 0.105 e. The summed E-state index contributed by atoms with van der Waals surface area (Å²) in [6.45, 7) is 3.83. The average molecular weight is 516 g/mol. The molecular formula is C31H37N3O4. The topological polar surface area (TPSA) is 112 Å². The van der Waals surface area contributed by atoms with Crippen LogP contribution in [0, 0.1) is 11.3 Å². The molecule has 8 rings (SSSR count). The van der Waals surface area contributed by atoms with Crippen LogP contribution in [0.3, 0.4) is 0 Å². The molecule has 4 heterocycles. The summed E-state index contributed by atoms with van der Waals surface area (Å²) in [5.74, 6) is 0.167. The van der Waals surface area contributed by atoms with E-state index >= 15 is 0 Å². The average Bonchev–Trinajstić information content (AvgIpc) is 3.35. The first-order valence-electron chi connectivity index (χ1n) is 14.2. The Bertz CT molecular complexity index is 1390. The molecule has 2 saturated heterocycles. The zero-order valence-corrected chi connectivity index (χ0v) is 21.8. The molecule has 38 heavy (non-hydrogen) atoms. The molecule has 7 heteroatoms. The van der Waals surface area contributed by atoms with Gasteiger partial charge in [-0.05, 0) is 71.7 Å². The van der Waals surface area contributed by atoms with Gasteiger partial charge in [0.1, 0.15) is 6.10 Å². The maximum absolute atomic E-state index is 11.6. The van der Waals surface area contributed by atoms with Crippen LogP contribution in [0.5, 0.6) is 0 Å². The fraction of sp³-hybridized carbons (Fsp3) is 0.581. The first kappa shape index (κ1) is 23.7. The summed E-state index contributed by atoms with van der Waals surface area (Å²) < 4.78 is 7.27. The van der Waals surface area contributed by atoms with E-state index in [1.807, 2.05) is 18.5 Å². The molecule has 3 aliphatic carbocycles. The monoisotopic (exact) mass is 515 g/mol. The van der Waals surface area contributed by atoms with Gasteiger partial charge in [-0.15, -0.1) is 0 Å². The van der Waals surface area contributed by atoms with Crippen LogP contribution in [0.2, 0.25) is 0 Å². The quantitative estimate of drug-likeness (QED) is 0.486. The van der Waals surface area contributed by atoms with Crippen molar-refractivity contribution >= 4 is 10.8 Å². The van der Waals surface area contributed by atoms with Gasteiger partial charge in [0.05, 0.1) is 23.4 Å². The van der Waals surface area contributed by atoms with E-state index in [4.69, 9.17) is 10.5 Å². The molecule has 0 radical (unpaired) electrons. The largest absolute Gasteiger partial charge is 0.392 e. The molecule has 1 aromatic heterocycles. The van der Waals surface area contributed by atoms with Gasteiger partial charge in [0.2, 0.25) is 0 Å². The van der Waals surface area contributed by atoms with Gasteiger partial charge in [-0.25, -0.2) is 0 Å². The predicted octanol–water partition coefficient (Wildman–Crippen LogP) is 2.40. The van der Waals surface area contributed by atoms with E-state index in [0.717, 1.165) is 54.3 Å². The van der Waals surface area contributed by atoms with Crippen molar-refractivity contribution in [2.75, 3.05) is 13.1 Å². The van der Waals surface area contributed by atoms with Crippen LogP contribution in [0.1, 0.15) is 50.5 Å². The number of fused-ring (bicyclic) bond motifs is 2. The van der Waals surface area contributed by atoms with Crippen molar-refractivity contribution in [1.29, 1.82) is 0 Å². The van der Waals surface area contributed by atoms with Crippen LogP contribution in [-0.2, 0) is 4.74 Å². The Labute approximate surface area is 223 Å². The van der Waals surface area contributed by atoms with Gasteiger partial charge < -0.3 is 25.8 Å². The van der Waals surface area contributed by atoms with Gasteiger partial charge in [0, 0.05) is 54.8 Å². The second kappa shape index (κ2) is 7.74. The highest BCUT2D eigenvalue weighted by molar-refractivity contribution is 5.82. The normalized spacial score (nSPS) is 46.1. The van der Waals surface area contributed by atoms with Gasteiger partial charge in [0.15, 0.2) is 0 Å². The van der Waals surface area contributed by atoms with Crippen molar-refractivity contribution in [3.63, 3.8) is 0 Å². The lowest BCUT2D eigenvalue weighted by Crippen LogP contribution is -2.68. The van der Waals surface area contributed by atoms with E-state index < -0.39 is 29.5 Å². The molecule has 0 amide bonds. The highest BCUT2D eigenvalue weighted by Gasteiger charge is 2.69. The van der Waals surface area contributed by atoms with Crippen molar-refractivity contribution < 1.29 is 20.1 Å². The van der Waals surface area contributed by atoms with Crippen LogP contribution < -0.4 is 5.73 Å². The number of nitrogens with zero attached hydrogens (tertiary/aromatic N) is 2. The number of allylic oxidation sites excluding steroid dienone is 1. The first-order valence-corrected chi connectivity index (χ1v) is 14.2. The van der Waals surface area contributed by atoms with Crippen molar-refractivity contribution in [1.82, 2.24) is 9.88 Å². The number of hydrogen-bond donors (Lipinski definition) is 4. The zero-order valence-electron chi connectivity index (χ0n) is 21.8. The van der Waals surface area contributed by atoms with Gasteiger partial charge in [-0.1, -0.05) is 31.2 Å². The van der Waals surface area contributed by atoms with E-state index in [1.54, 1.807) is 0 Å². The van der Waals surface area contributed by atoms with Crippen molar-refractivity contribution in [2.24, 2.45) is 17.1 Å². The lowest BCUT2D eigenvalue weighted by molar-refractivity contribution is -0.173. The van der Waals surface area contributed by atoms with E-state index in [9.17, 15) is 15.3 Å². The number of nitrogens with two attached hydrogens (primary N) is 1. The Morgan fingerprint density at radius 2 is 1.95 bits per heavy atom. The van der Waals surface area contributed by atoms with E-state index in [-0.39, 0.29) is 29.3 Å². The van der Waals surface area contributed by atoms with Crippen molar-refractivity contribution in [2.45, 2.75) is 86.5 Å². The number of hydrogen-bond acceptors (Lipinski definition) is 7. The maximum Gasteiger partial charge on any atom is 0.105 e. The molecule has 2 saturated carbocycles. The summed E-state index contributed by atoms with van der Waals surface area (Å²) in [6, 6.07) is 8.52. The van der Waals surface area contributed by atoms with Gasteiger partial charge in [0.25, 0.3) is 0 Å². The molecular weight excluding hydrogens is 478 g/mol. The number of pyridine rings is 1. The number of likely N-dealkylation sites (tertiary alicyclic amines) is 1. The molecule has 5 N–H and O–H groups in total. The lowest BCUT2D eigenvalue weighted by Gasteiger charge is -2.57. The first-order chi connectivity index (χ1) is 18.2. The summed E-state index contributed by atoms with van der Waals surface area (Å²) in [5.41, 5.74) is 8.00. The van der Waals surface area contributed by atoms with E-state index in [1.165, 1.54) is 5.56 Å². The summed E-state index contributed by atoms with van der Waals surface area (Å²) in [6.07, 6.45) is 9.83. The molecule has 3 aliphatic heterocycles. The minimum absolute atomic E-state index is 0.00361. The molecule has 4 fully saturated rings. The third-order valence-electron chi connectivity index (χ3n) is 11.3. The fourth-order valence-electron chi connectivity index (χ4n) is 9.50. The van der Waals surface area contributed by atoms with Crippen LogP contribution in [0.25, 0.3) is 10.8 Å². The molecule has 7 nitrogen and oxygen atoms in total. The number of aliphatic hydroxyl groups is 3. The van der Waals surface area contributed by atoms with E-state index in [0.29, 0.717) is 12.8 Å². The molecule has 2 unspecified atom stereocenters. The van der Waals surface area contributed by atoms with E-state index in [2.05, 4.69) is 47.2 Å². The SMILES string of the molecule is C[C@]12CC=C3C=C4[C@@H](O)[C@H](O)[C@@H](N5CC(N)C5)C[C@]45CCC3(O5)[C@@H]1C[C@@H](O)C2c1ccc2ccncc2c1. The second-order valence-corrected chi connectivity index (χ2v) is 13.2. The fourth-order valence-corrected chi connectivity index (χ4v) is 9.50. The standard InChI is InChI=1S/C31H37N3O4/c1-29-6-4-20-11-22-27(36)28(37)23(34-15-21(32)16-34)13-30(22)7-8-31(20,38-30)25(29)12-24(35)26(29)18-3-2-17-5-9-33-14-19(17)10-18/h2-5,9-11,14,21,23-28,35-37H,6-8,12-13,15-16,32H2,1H3/t23-,24+,25+,26?,27+,28+,29-,30+,31?/m0/s1. The Hall–Kier alpha value is -2.13. The molecule has 9 atom stereocenters. The molecule has 200 valence electrons. The lowest BCUT2D eigenvalue weighted by atomic mass is 9.58. The minimum Gasteiger partial charge on any atom is -0.392 e. The molecule has 1 aromatic carbocycles. The van der Waals surface area contributed by atoms with Crippen LogP contribution in [0.15, 0.2) is 60.0 Å². The summed E-state index contributed by atoms with van der Waals surface area (Å²) in [7, 11) is 0. The minimum atomic E-state index is -0.941. The predicted molar refractivity (Wildman–Crippen MR) is 143 cm³/mol. The van der Waals surface area contributed by atoms with Crippen molar-refractivity contribution in [3.05, 3.63) is 65.5 Å². The third-order valence-corrected chi connectivity index (χ3v) is 11.3. The molecule has 2 spiro atoms. The number of rotatable bonds is 2. The maximum atomic E-state index is 11.6. The number of aliphatic hydroxyl groups excluding tert-OH is 3. The Balaban J connectivity index is 1.19. The summed E-state index contributed by atoms with van der Waals surface area (Å²) in [5, 5.41) is 36.3. The summed E-state index contributed by atoms with van der Waals surface area (Å²) in [4.78, 5) is 6.52. The summed E-state index contributed by atoms with van der Waals surface area (Å²) >= 11 is 0. The molecule has 6 aliphatic rings. The molecule has 2 aromatic rings. The Morgan fingerprint density at radius 1 is 1.11 bits per heavy atom. The number of ether oxygens (including phenoxy) is 1. The Kier molecular flexibility index (Phi) is 4.84. The highest BCUT2D eigenvalue weighted by atomic mass is 16.5. The van der Waals surface area contributed by atoms with Crippen molar-refractivity contribution in [3.8, 4) is 0 Å². The van der Waals surface area contributed by atoms with Crippen LogP contribution in [0.4, 0.5) is 0 Å². The van der Waals surface area contributed by atoms with Gasteiger partial charge in [-0.3, -0.25) is 9.88 Å². The number of benzene rings is 1. The zero-order chi connectivity index (χ0) is 26.0. The van der Waals surface area contributed by atoms with Crippen LogP contribution >= 0.6 is 0 Å². The Morgan fingerprint density at radius 3 is 2.76 bits per heavy atom. The highest BCUT2D eigenvalue weighted by Crippen LogP contribution is 2.69. The van der Waals surface area contributed by atoms with Gasteiger partial charge >= 0.3 is 0 Å². The van der Waals surface area contributed by atoms with Crippen LogP contribution in [-0.4, -0.2) is 79.9 Å².